The third-order valence-electron chi connectivity index (χ3n) is 0.942. The van der Waals surface area contributed by atoms with Gasteiger partial charge in [-0.1, -0.05) is 0 Å². The summed E-state index contributed by atoms with van der Waals surface area (Å²) in [4.78, 5) is 8.02. The number of rotatable bonds is 1. The van der Waals surface area contributed by atoms with E-state index in [-0.39, 0.29) is 0 Å². The first-order valence-electron chi connectivity index (χ1n) is 2.65. The van der Waals surface area contributed by atoms with Crippen molar-refractivity contribution in [2.75, 3.05) is 7.11 Å². The maximum absolute atomic E-state index is 4.85. The number of aromatic nitrogens is 2. The van der Waals surface area contributed by atoms with Crippen molar-refractivity contribution in [2.24, 2.45) is 0 Å². The van der Waals surface area contributed by atoms with E-state index >= 15 is 0 Å². The molecule has 4 heteroatoms. The van der Waals surface area contributed by atoms with Gasteiger partial charge in [0.1, 0.15) is 0 Å². The Morgan fingerprint density at radius 2 is 2.33 bits per heavy atom. The summed E-state index contributed by atoms with van der Waals surface area (Å²) in [6.07, 6.45) is 3.39. The van der Waals surface area contributed by atoms with E-state index in [4.69, 9.17) is 4.74 Å². The van der Waals surface area contributed by atoms with E-state index in [0.29, 0.717) is 28.4 Å². The number of hydrogen-bond acceptors (Lipinski definition) is 3. The Labute approximate surface area is 66.6 Å². The Balaban J connectivity index is 2.94. The minimum atomic E-state index is 0.438. The maximum atomic E-state index is 4.85. The summed E-state index contributed by atoms with van der Waals surface area (Å²) >= 11 is 0.438. The molecule has 1 heterocycles. The zero-order valence-corrected chi connectivity index (χ0v) is 11.2. The van der Waals surface area contributed by atoms with E-state index < -0.39 is 0 Å². The van der Waals surface area contributed by atoms with Gasteiger partial charge in [-0.2, -0.15) is 0 Å². The molecular weight excluding hydrogens is 223 g/mol. The van der Waals surface area contributed by atoms with E-state index in [0.717, 1.165) is 3.71 Å². The summed E-state index contributed by atoms with van der Waals surface area (Å²) in [5, 5.41) is 0. The predicted molar refractivity (Wildman–Crippen MR) is 38.2 cm³/mol. The first-order chi connectivity index (χ1) is 4.33. The number of methoxy groups -OCH3 is 1. The zero-order chi connectivity index (χ0) is 6.69. The molecule has 0 fully saturated rings. The van der Waals surface area contributed by atoms with Gasteiger partial charge in [-0.15, -0.1) is 0 Å². The molecule has 0 aromatic carbocycles. The monoisotopic (exact) mass is 232 g/mol. The van der Waals surface area contributed by atoms with Crippen LogP contribution in [-0.4, -0.2) is 39.6 Å². The van der Waals surface area contributed by atoms with Crippen molar-refractivity contribution in [1.29, 1.82) is 0 Å². The molecule has 1 rings (SSSR count). The summed E-state index contributed by atoms with van der Waals surface area (Å²) in [7, 11) is 1.60. The fraction of sp³-hybridized carbons (Fsp3) is 0.200. The van der Waals surface area contributed by atoms with Crippen molar-refractivity contribution in [3.8, 4) is 5.88 Å². The Kier molecular flexibility index (Phi) is 2.27. The van der Waals surface area contributed by atoms with Gasteiger partial charge in [0.05, 0.1) is 0 Å². The molecular formula is C5H8N2OSn. The Morgan fingerprint density at radius 3 is 2.78 bits per heavy atom. The Hall–Kier alpha value is -0.321. The number of nitrogens with zero attached hydrogens (tertiary/aromatic N) is 2. The van der Waals surface area contributed by atoms with E-state index in [1.807, 2.05) is 0 Å². The first kappa shape index (κ1) is 6.79. The van der Waals surface area contributed by atoms with Crippen LogP contribution >= 0.6 is 0 Å². The molecule has 0 spiro atoms. The van der Waals surface area contributed by atoms with Crippen molar-refractivity contribution in [1.82, 2.24) is 9.97 Å². The van der Waals surface area contributed by atoms with Crippen LogP contribution in [0.2, 0.25) is 0 Å². The van der Waals surface area contributed by atoms with Crippen LogP contribution in [0.1, 0.15) is 0 Å². The quantitative estimate of drug-likeness (QED) is 0.550. The van der Waals surface area contributed by atoms with E-state index in [1.165, 1.54) is 0 Å². The molecule has 0 unspecified atom stereocenters. The standard InChI is InChI=1S/C5H5N2O.Sn.3H/c1-8-5-4-6-2-3-7-5;;;;/h2,4H,1H3;;;;. The predicted octanol–water partition coefficient (Wildman–Crippen LogP) is -1.52. The SMILES string of the molecule is COc1cnc[c]([SnH3])n1. The van der Waals surface area contributed by atoms with Gasteiger partial charge < -0.3 is 0 Å². The molecule has 0 amide bonds. The molecule has 0 aliphatic heterocycles. The molecule has 0 N–H and O–H groups in total. The third kappa shape index (κ3) is 1.82. The number of ether oxygens (including phenoxy) is 1. The molecule has 0 saturated carbocycles. The molecule has 9 heavy (non-hydrogen) atoms. The van der Waals surface area contributed by atoms with Crippen molar-refractivity contribution in [2.45, 2.75) is 0 Å². The van der Waals surface area contributed by atoms with Gasteiger partial charge in [0.15, 0.2) is 0 Å². The molecule has 0 aliphatic carbocycles. The van der Waals surface area contributed by atoms with Crippen LogP contribution in [-0.2, 0) is 0 Å². The minimum absolute atomic E-state index is 0.438. The van der Waals surface area contributed by atoms with E-state index in [1.54, 1.807) is 19.5 Å². The van der Waals surface area contributed by atoms with Gasteiger partial charge in [-0.05, 0) is 0 Å². The molecule has 0 aliphatic rings. The third-order valence-corrected chi connectivity index (χ3v) is 2.32. The molecule has 0 bridgehead atoms. The van der Waals surface area contributed by atoms with Crippen LogP contribution < -0.4 is 8.45 Å². The Morgan fingerprint density at radius 1 is 1.56 bits per heavy atom. The summed E-state index contributed by atoms with van der Waals surface area (Å²) in [6.45, 7) is 0. The van der Waals surface area contributed by atoms with Crippen molar-refractivity contribution in [3.05, 3.63) is 12.4 Å². The summed E-state index contributed by atoms with van der Waals surface area (Å²) in [6, 6.07) is 0. The summed E-state index contributed by atoms with van der Waals surface area (Å²) in [5.41, 5.74) is 0. The average molecular weight is 231 g/mol. The molecule has 1 aromatic rings. The van der Waals surface area contributed by atoms with Gasteiger partial charge in [-0.25, -0.2) is 0 Å². The van der Waals surface area contributed by atoms with Crippen LogP contribution in [0.5, 0.6) is 5.88 Å². The van der Waals surface area contributed by atoms with Crippen LogP contribution in [0.15, 0.2) is 12.4 Å². The first-order valence-corrected chi connectivity index (χ1v) is 5.51. The molecule has 0 radical (unpaired) electrons. The molecule has 3 nitrogen and oxygen atoms in total. The Bertz CT molecular complexity index is 204. The average Bonchev–Trinajstić information content (AvgIpc) is 1.88. The number of hydrogen-bond donors (Lipinski definition) is 0. The fourth-order valence-electron chi connectivity index (χ4n) is 0.539. The molecule has 0 saturated heterocycles. The van der Waals surface area contributed by atoms with Gasteiger partial charge in [0.25, 0.3) is 0 Å². The normalized spacial score (nSPS) is 9.44. The second-order valence-electron chi connectivity index (χ2n) is 1.70. The molecule has 0 atom stereocenters. The van der Waals surface area contributed by atoms with Crippen molar-refractivity contribution >= 4 is 26.2 Å². The van der Waals surface area contributed by atoms with E-state index in [2.05, 4.69) is 9.97 Å². The molecule has 1 aromatic heterocycles. The van der Waals surface area contributed by atoms with Crippen molar-refractivity contribution in [3.63, 3.8) is 0 Å². The van der Waals surface area contributed by atoms with Crippen LogP contribution in [0.4, 0.5) is 0 Å². The van der Waals surface area contributed by atoms with Gasteiger partial charge in [0, 0.05) is 0 Å². The van der Waals surface area contributed by atoms with Crippen molar-refractivity contribution < 1.29 is 4.74 Å². The molecule has 48 valence electrons. The topological polar surface area (TPSA) is 35.0 Å². The van der Waals surface area contributed by atoms with Crippen LogP contribution in [0.25, 0.3) is 0 Å². The summed E-state index contributed by atoms with van der Waals surface area (Å²) in [5.74, 6) is 0.617. The van der Waals surface area contributed by atoms with Crippen LogP contribution in [0, 0.1) is 0 Å². The fourth-order valence-corrected chi connectivity index (χ4v) is 1.59. The second kappa shape index (κ2) is 3.00. The zero-order valence-electron chi connectivity index (χ0n) is 5.46. The van der Waals surface area contributed by atoms with E-state index in [9.17, 15) is 0 Å². The van der Waals surface area contributed by atoms with Gasteiger partial charge in [-0.3, -0.25) is 0 Å². The van der Waals surface area contributed by atoms with Crippen LogP contribution in [0.3, 0.4) is 0 Å². The summed E-state index contributed by atoms with van der Waals surface area (Å²) < 4.78 is 5.93. The second-order valence-corrected chi connectivity index (χ2v) is 4.63. The van der Waals surface area contributed by atoms with Gasteiger partial charge >= 0.3 is 66.3 Å². The van der Waals surface area contributed by atoms with Gasteiger partial charge in [0.2, 0.25) is 0 Å².